The number of aliphatic hydroxyl groups is 1. The molecule has 0 aliphatic carbocycles. The smallest absolute Gasteiger partial charge is 0.303 e. The number of hydrogen-bond acceptors (Lipinski definition) is 5. The Balaban J connectivity index is 2.11. The van der Waals surface area contributed by atoms with Crippen molar-refractivity contribution in [3.8, 4) is 5.75 Å². The highest BCUT2D eigenvalue weighted by Gasteiger charge is 2.38. The quantitative estimate of drug-likeness (QED) is 0.624. The number of carbonyl (C=O) groups is 2. The van der Waals surface area contributed by atoms with Crippen LogP contribution >= 0.6 is 0 Å². The summed E-state index contributed by atoms with van der Waals surface area (Å²) >= 11 is 0. The Morgan fingerprint density at radius 2 is 1.97 bits per heavy atom. The number of primary amides is 1. The number of methoxy groups -OCH3 is 1. The molecule has 0 saturated heterocycles. The van der Waals surface area contributed by atoms with Crippen LogP contribution in [0.5, 0.6) is 5.75 Å². The molecular formula is C23H22FNO6. The summed E-state index contributed by atoms with van der Waals surface area (Å²) in [4.78, 5) is 22.6. The van der Waals surface area contributed by atoms with E-state index < -0.39 is 23.5 Å². The van der Waals surface area contributed by atoms with Crippen LogP contribution in [-0.4, -0.2) is 35.0 Å². The molecule has 0 bridgehead atoms. The Morgan fingerprint density at radius 1 is 1.23 bits per heavy atom. The fourth-order valence-corrected chi connectivity index (χ4v) is 3.39. The first-order chi connectivity index (χ1) is 14.6. The van der Waals surface area contributed by atoms with Gasteiger partial charge in [-0.25, -0.2) is 4.39 Å². The molecule has 31 heavy (non-hydrogen) atoms. The monoisotopic (exact) mass is 427 g/mol. The van der Waals surface area contributed by atoms with Gasteiger partial charge in [0.25, 0.3) is 0 Å². The Hall–Kier alpha value is -3.65. The molecule has 2 aromatic rings. The Morgan fingerprint density at radius 3 is 2.58 bits per heavy atom. The fraction of sp³-hybridized carbons (Fsp3) is 0.217. The highest BCUT2D eigenvalue weighted by atomic mass is 19.1. The van der Waals surface area contributed by atoms with Gasteiger partial charge in [0.05, 0.1) is 19.8 Å². The summed E-state index contributed by atoms with van der Waals surface area (Å²) in [5, 5.41) is 20.2. The summed E-state index contributed by atoms with van der Waals surface area (Å²) in [6.07, 6.45) is 2.40. The average Bonchev–Trinajstić information content (AvgIpc) is 2.73. The van der Waals surface area contributed by atoms with E-state index in [1.54, 1.807) is 25.1 Å². The van der Waals surface area contributed by atoms with Crippen molar-refractivity contribution in [2.24, 2.45) is 5.73 Å². The first-order valence-electron chi connectivity index (χ1n) is 9.43. The molecular weight excluding hydrogens is 405 g/mol. The van der Waals surface area contributed by atoms with E-state index in [1.165, 1.54) is 37.6 Å². The minimum Gasteiger partial charge on any atom is -0.494 e. The second kappa shape index (κ2) is 8.61. The average molecular weight is 427 g/mol. The van der Waals surface area contributed by atoms with E-state index in [4.69, 9.17) is 20.3 Å². The minimum atomic E-state index is -1.91. The van der Waals surface area contributed by atoms with Gasteiger partial charge >= 0.3 is 5.97 Å². The molecule has 3 rings (SSSR count). The van der Waals surface area contributed by atoms with Crippen LogP contribution in [0.1, 0.15) is 39.9 Å². The third kappa shape index (κ3) is 4.59. The molecule has 1 heterocycles. The lowest BCUT2D eigenvalue weighted by Gasteiger charge is -2.34. The summed E-state index contributed by atoms with van der Waals surface area (Å²) in [6, 6.07) is 8.98. The number of carboxylic acids is 1. The molecule has 0 saturated carbocycles. The summed E-state index contributed by atoms with van der Waals surface area (Å²) in [6.45, 7) is 1.74. The number of aryl methyl sites for hydroxylation is 1. The molecule has 2 aromatic carbocycles. The summed E-state index contributed by atoms with van der Waals surface area (Å²) < 4.78 is 24.5. The van der Waals surface area contributed by atoms with Gasteiger partial charge in [0, 0.05) is 23.1 Å². The molecule has 1 amide bonds. The zero-order valence-electron chi connectivity index (χ0n) is 17.0. The van der Waals surface area contributed by atoms with Crippen LogP contribution in [0.2, 0.25) is 0 Å². The van der Waals surface area contributed by atoms with E-state index >= 15 is 0 Å². The number of rotatable bonds is 7. The van der Waals surface area contributed by atoms with E-state index in [0.29, 0.717) is 33.4 Å². The standard InChI is InChI=1S/C23H22FNO6/c1-13-9-15(22(25)28)3-5-17(13)18-10-16(12-31-23(18,29)8-7-21(26)27)14-4-6-19(24)20(11-14)30-2/h3-6,9-12,29H,7-8H2,1-2H3,(H2,25,28)(H,26,27). The van der Waals surface area contributed by atoms with Gasteiger partial charge in [-0.15, -0.1) is 0 Å². The number of halogens is 1. The lowest BCUT2D eigenvalue weighted by atomic mass is 9.86. The topological polar surface area (TPSA) is 119 Å². The van der Waals surface area contributed by atoms with Crippen molar-refractivity contribution in [3.63, 3.8) is 0 Å². The minimum absolute atomic E-state index is 0.0436. The second-order valence-corrected chi connectivity index (χ2v) is 7.17. The normalized spacial score (nSPS) is 17.9. The summed E-state index contributed by atoms with van der Waals surface area (Å²) in [7, 11) is 1.35. The van der Waals surface area contributed by atoms with Crippen molar-refractivity contribution < 1.29 is 33.7 Å². The zero-order valence-corrected chi connectivity index (χ0v) is 17.0. The van der Waals surface area contributed by atoms with Gasteiger partial charge in [-0.2, -0.15) is 0 Å². The third-order valence-corrected chi connectivity index (χ3v) is 5.06. The number of carbonyl (C=O) groups excluding carboxylic acids is 1. The van der Waals surface area contributed by atoms with E-state index in [1.807, 2.05) is 0 Å². The largest absolute Gasteiger partial charge is 0.494 e. The maximum absolute atomic E-state index is 13.8. The number of allylic oxidation sites excluding steroid dienone is 2. The van der Waals surface area contributed by atoms with Crippen LogP contribution in [0, 0.1) is 12.7 Å². The Labute approximate surface area is 178 Å². The number of hydrogen-bond donors (Lipinski definition) is 3. The maximum atomic E-state index is 13.8. The Kier molecular flexibility index (Phi) is 6.12. The number of amides is 1. The van der Waals surface area contributed by atoms with E-state index in [-0.39, 0.29) is 18.6 Å². The second-order valence-electron chi connectivity index (χ2n) is 7.17. The predicted octanol–water partition coefficient (Wildman–Crippen LogP) is 3.25. The molecule has 1 atom stereocenters. The lowest BCUT2D eigenvalue weighted by molar-refractivity contribution is -0.147. The zero-order chi connectivity index (χ0) is 22.8. The van der Waals surface area contributed by atoms with Crippen LogP contribution < -0.4 is 10.5 Å². The van der Waals surface area contributed by atoms with Crippen LogP contribution in [0.3, 0.4) is 0 Å². The number of ether oxygens (including phenoxy) is 2. The van der Waals surface area contributed by atoms with Crippen LogP contribution in [0.25, 0.3) is 11.1 Å². The first-order valence-corrected chi connectivity index (χ1v) is 9.43. The molecule has 0 radical (unpaired) electrons. The number of aliphatic carboxylic acids is 1. The third-order valence-electron chi connectivity index (χ3n) is 5.06. The highest BCUT2D eigenvalue weighted by Crippen LogP contribution is 2.41. The van der Waals surface area contributed by atoms with Crippen molar-refractivity contribution in [2.75, 3.05) is 7.11 Å². The van der Waals surface area contributed by atoms with Gasteiger partial charge in [0.15, 0.2) is 11.6 Å². The van der Waals surface area contributed by atoms with E-state index in [0.717, 1.165) is 0 Å². The predicted molar refractivity (Wildman–Crippen MR) is 112 cm³/mol. The van der Waals surface area contributed by atoms with Crippen molar-refractivity contribution >= 4 is 23.0 Å². The molecule has 0 spiro atoms. The van der Waals surface area contributed by atoms with Crippen molar-refractivity contribution in [1.82, 2.24) is 0 Å². The van der Waals surface area contributed by atoms with Gasteiger partial charge in [-0.1, -0.05) is 12.1 Å². The van der Waals surface area contributed by atoms with Crippen molar-refractivity contribution in [3.05, 3.63) is 76.8 Å². The number of carboxylic acid groups (broad SMARTS) is 1. The first kappa shape index (κ1) is 22.0. The van der Waals surface area contributed by atoms with Gasteiger partial charge in [-0.05, 0) is 54.0 Å². The lowest BCUT2D eigenvalue weighted by Crippen LogP contribution is -2.35. The molecule has 0 aromatic heterocycles. The van der Waals surface area contributed by atoms with Crippen LogP contribution in [-0.2, 0) is 9.53 Å². The number of nitrogens with two attached hydrogens (primary N) is 1. The molecule has 1 unspecified atom stereocenters. The highest BCUT2D eigenvalue weighted by molar-refractivity contribution is 5.94. The van der Waals surface area contributed by atoms with Crippen LogP contribution in [0.4, 0.5) is 4.39 Å². The van der Waals surface area contributed by atoms with E-state index in [2.05, 4.69) is 0 Å². The molecule has 162 valence electrons. The summed E-state index contributed by atoms with van der Waals surface area (Å²) in [5.74, 6) is -4.07. The van der Waals surface area contributed by atoms with E-state index in [9.17, 15) is 19.1 Å². The van der Waals surface area contributed by atoms with Crippen LogP contribution in [0.15, 0.2) is 48.7 Å². The molecule has 7 nitrogen and oxygen atoms in total. The fourth-order valence-electron chi connectivity index (χ4n) is 3.39. The molecule has 8 heteroatoms. The summed E-state index contributed by atoms with van der Waals surface area (Å²) in [5.41, 5.74) is 8.23. The van der Waals surface area contributed by atoms with Gasteiger partial charge in [-0.3, -0.25) is 9.59 Å². The maximum Gasteiger partial charge on any atom is 0.303 e. The van der Waals surface area contributed by atoms with Crippen molar-refractivity contribution in [2.45, 2.75) is 25.6 Å². The number of benzene rings is 2. The SMILES string of the molecule is COc1cc(C2=COC(O)(CCC(=O)O)C(c3ccc(C(N)=O)cc3C)=C2)ccc1F. The van der Waals surface area contributed by atoms with Gasteiger partial charge in [0.2, 0.25) is 11.7 Å². The van der Waals surface area contributed by atoms with Crippen molar-refractivity contribution in [1.29, 1.82) is 0 Å². The van der Waals surface area contributed by atoms with Gasteiger partial charge in [0.1, 0.15) is 0 Å². The molecule has 0 fully saturated rings. The molecule has 1 aliphatic rings. The molecule has 4 N–H and O–H groups in total. The van der Waals surface area contributed by atoms with Gasteiger partial charge < -0.3 is 25.4 Å². The molecule has 1 aliphatic heterocycles. The Bertz CT molecular complexity index is 1110.